The van der Waals surface area contributed by atoms with Crippen molar-refractivity contribution in [3.8, 4) is 0 Å². The molecule has 1 aromatic carbocycles. The van der Waals surface area contributed by atoms with Crippen molar-refractivity contribution in [1.29, 1.82) is 0 Å². The molecule has 0 aliphatic heterocycles. The number of rotatable bonds is 5. The van der Waals surface area contributed by atoms with Crippen molar-refractivity contribution < 1.29 is 19.4 Å². The molecule has 6 heteroatoms. The predicted molar refractivity (Wildman–Crippen MR) is 84.4 cm³/mol. The number of carbonyl (C=O) groups excluding carboxylic acids is 1. The van der Waals surface area contributed by atoms with E-state index in [0.29, 0.717) is 0 Å². The largest absolute Gasteiger partial charge is 0.477 e. The fourth-order valence-corrected chi connectivity index (χ4v) is 2.52. The van der Waals surface area contributed by atoms with E-state index in [4.69, 9.17) is 9.84 Å². The minimum Gasteiger partial charge on any atom is -0.477 e. The van der Waals surface area contributed by atoms with Crippen LogP contribution < -0.4 is 5.32 Å². The summed E-state index contributed by atoms with van der Waals surface area (Å²) in [4.78, 5) is 23.6. The topological polar surface area (TPSA) is 75.6 Å². The van der Waals surface area contributed by atoms with Gasteiger partial charge in [0.05, 0.1) is 0 Å². The molecular formula is C16H15NO4S. The molecule has 114 valence electrons. The lowest BCUT2D eigenvalue weighted by atomic mass is 10.2. The number of nitrogens with one attached hydrogen (secondary N) is 1. The number of aryl methyl sites for hydroxylation is 1. The predicted octanol–water partition coefficient (Wildman–Crippen LogP) is 3.41. The number of hydrogen-bond acceptors (Lipinski definition) is 4. The minimum absolute atomic E-state index is 0.0810. The van der Waals surface area contributed by atoms with Crippen molar-refractivity contribution in [2.75, 3.05) is 0 Å². The minimum atomic E-state index is -1.22. The summed E-state index contributed by atoms with van der Waals surface area (Å²) in [5.74, 6) is -1.22. The summed E-state index contributed by atoms with van der Waals surface area (Å²) >= 11 is 1.40. The zero-order valence-corrected chi connectivity index (χ0v) is 12.7. The maximum absolute atomic E-state index is 11.7. The average Bonchev–Trinajstić information content (AvgIpc) is 2.91. The molecular weight excluding hydrogens is 302 g/mol. The SMILES string of the molecule is Cc1csc(C=C(NC(=O)OCc2ccccc2)C(=O)O)c1. The molecule has 1 aromatic heterocycles. The number of aliphatic carboxylic acids is 1. The third-order valence-corrected chi connectivity index (χ3v) is 3.71. The van der Waals surface area contributed by atoms with E-state index in [-0.39, 0.29) is 12.3 Å². The van der Waals surface area contributed by atoms with Crippen molar-refractivity contribution >= 4 is 29.5 Å². The lowest BCUT2D eigenvalue weighted by molar-refractivity contribution is -0.132. The Hall–Kier alpha value is -2.60. The highest BCUT2D eigenvalue weighted by Gasteiger charge is 2.13. The van der Waals surface area contributed by atoms with Crippen LogP contribution in [0.1, 0.15) is 16.0 Å². The van der Waals surface area contributed by atoms with E-state index in [9.17, 15) is 9.59 Å². The fraction of sp³-hybridized carbons (Fsp3) is 0.125. The number of hydrogen-bond donors (Lipinski definition) is 2. The summed E-state index contributed by atoms with van der Waals surface area (Å²) in [5, 5.41) is 13.3. The number of amides is 1. The molecule has 2 N–H and O–H groups in total. The van der Waals surface area contributed by atoms with Gasteiger partial charge >= 0.3 is 12.1 Å². The molecule has 0 unspecified atom stereocenters. The number of ether oxygens (including phenoxy) is 1. The summed E-state index contributed by atoms with van der Waals surface area (Å²) in [6.45, 7) is 1.99. The summed E-state index contributed by atoms with van der Waals surface area (Å²) in [7, 11) is 0. The van der Waals surface area contributed by atoms with Crippen LogP contribution in [0.15, 0.2) is 47.5 Å². The van der Waals surface area contributed by atoms with Crippen LogP contribution in [0.3, 0.4) is 0 Å². The molecule has 0 fully saturated rings. The molecule has 0 bridgehead atoms. The molecule has 0 aliphatic rings. The maximum atomic E-state index is 11.7. The van der Waals surface area contributed by atoms with Crippen LogP contribution in [0, 0.1) is 6.92 Å². The maximum Gasteiger partial charge on any atom is 0.412 e. The highest BCUT2D eigenvalue weighted by molar-refractivity contribution is 7.11. The number of alkyl carbamates (subject to hydrolysis) is 1. The lowest BCUT2D eigenvalue weighted by Crippen LogP contribution is -2.27. The van der Waals surface area contributed by atoms with Gasteiger partial charge < -0.3 is 9.84 Å². The third-order valence-electron chi connectivity index (χ3n) is 2.72. The van der Waals surface area contributed by atoms with E-state index >= 15 is 0 Å². The molecule has 1 heterocycles. The Bertz CT molecular complexity index is 691. The van der Waals surface area contributed by atoms with Crippen LogP contribution in [0.5, 0.6) is 0 Å². The van der Waals surface area contributed by atoms with Crippen LogP contribution in [-0.4, -0.2) is 17.2 Å². The van der Waals surface area contributed by atoms with Gasteiger partial charge in [0, 0.05) is 4.88 Å². The van der Waals surface area contributed by atoms with Crippen LogP contribution in [0.25, 0.3) is 6.08 Å². The van der Waals surface area contributed by atoms with Gasteiger partial charge in [-0.1, -0.05) is 30.3 Å². The second kappa shape index (κ2) is 7.42. The first kappa shape index (κ1) is 15.8. The highest BCUT2D eigenvalue weighted by atomic mass is 32.1. The normalized spacial score (nSPS) is 11.0. The van der Waals surface area contributed by atoms with E-state index in [1.807, 2.05) is 48.7 Å². The summed E-state index contributed by atoms with van der Waals surface area (Å²) in [5.41, 5.74) is 1.64. The van der Waals surface area contributed by atoms with E-state index in [1.54, 1.807) is 0 Å². The van der Waals surface area contributed by atoms with Gasteiger partial charge in [-0.05, 0) is 35.6 Å². The van der Waals surface area contributed by atoms with Gasteiger partial charge in [0.1, 0.15) is 12.3 Å². The summed E-state index contributed by atoms with van der Waals surface area (Å²) < 4.78 is 5.00. The van der Waals surface area contributed by atoms with E-state index in [0.717, 1.165) is 16.0 Å². The van der Waals surface area contributed by atoms with Crippen LogP contribution in [0.2, 0.25) is 0 Å². The number of carboxylic acid groups (broad SMARTS) is 1. The van der Waals surface area contributed by atoms with Crippen LogP contribution in [-0.2, 0) is 16.1 Å². The smallest absolute Gasteiger partial charge is 0.412 e. The second-order valence-electron chi connectivity index (χ2n) is 4.58. The quantitative estimate of drug-likeness (QED) is 0.829. The second-order valence-corrected chi connectivity index (χ2v) is 5.52. The zero-order chi connectivity index (χ0) is 15.9. The van der Waals surface area contributed by atoms with Crippen molar-refractivity contribution in [1.82, 2.24) is 5.32 Å². The molecule has 2 aromatic rings. The van der Waals surface area contributed by atoms with Crippen molar-refractivity contribution in [3.63, 3.8) is 0 Å². The lowest BCUT2D eigenvalue weighted by Gasteiger charge is -2.07. The summed E-state index contributed by atoms with van der Waals surface area (Å²) in [6.07, 6.45) is 0.606. The number of thiophene rings is 1. The molecule has 0 spiro atoms. The van der Waals surface area contributed by atoms with Crippen molar-refractivity contribution in [3.05, 3.63) is 63.5 Å². The zero-order valence-electron chi connectivity index (χ0n) is 11.9. The van der Waals surface area contributed by atoms with E-state index in [2.05, 4.69) is 5.32 Å². The third kappa shape index (κ3) is 4.75. The van der Waals surface area contributed by atoms with Crippen LogP contribution >= 0.6 is 11.3 Å². The standard InChI is InChI=1S/C16H15NO4S/c1-11-7-13(22-10-11)8-14(15(18)19)17-16(20)21-9-12-5-3-2-4-6-12/h2-8,10H,9H2,1H3,(H,17,20)(H,18,19). The van der Waals surface area contributed by atoms with Gasteiger partial charge in [-0.15, -0.1) is 11.3 Å². The average molecular weight is 317 g/mol. The van der Waals surface area contributed by atoms with Crippen molar-refractivity contribution in [2.45, 2.75) is 13.5 Å². The molecule has 0 saturated carbocycles. The summed E-state index contributed by atoms with van der Waals surface area (Å²) in [6, 6.07) is 11.0. The van der Waals surface area contributed by atoms with Gasteiger partial charge in [-0.2, -0.15) is 0 Å². The molecule has 5 nitrogen and oxygen atoms in total. The van der Waals surface area contributed by atoms with Crippen LogP contribution in [0.4, 0.5) is 4.79 Å². The highest BCUT2D eigenvalue weighted by Crippen LogP contribution is 2.16. The first-order chi connectivity index (χ1) is 10.5. The molecule has 22 heavy (non-hydrogen) atoms. The van der Waals surface area contributed by atoms with Crippen molar-refractivity contribution in [2.24, 2.45) is 0 Å². The molecule has 0 radical (unpaired) electrons. The van der Waals surface area contributed by atoms with E-state index < -0.39 is 12.1 Å². The molecule has 0 atom stereocenters. The number of benzene rings is 1. The number of carboxylic acids is 1. The fourth-order valence-electron chi connectivity index (χ4n) is 1.69. The monoisotopic (exact) mass is 317 g/mol. The molecule has 1 amide bonds. The van der Waals surface area contributed by atoms with Gasteiger partial charge in [0.2, 0.25) is 0 Å². The first-order valence-electron chi connectivity index (χ1n) is 6.52. The Labute approximate surface area is 131 Å². The molecule has 0 aliphatic carbocycles. The van der Waals surface area contributed by atoms with Gasteiger partial charge in [-0.25, -0.2) is 9.59 Å². The van der Waals surface area contributed by atoms with Gasteiger partial charge in [0.25, 0.3) is 0 Å². The first-order valence-corrected chi connectivity index (χ1v) is 7.40. The molecule has 0 saturated heterocycles. The Balaban J connectivity index is 1.97. The Morgan fingerprint density at radius 3 is 2.64 bits per heavy atom. The Morgan fingerprint density at radius 1 is 1.32 bits per heavy atom. The van der Waals surface area contributed by atoms with E-state index in [1.165, 1.54) is 17.4 Å². The number of carbonyl (C=O) groups is 2. The Kier molecular flexibility index (Phi) is 5.32. The van der Waals surface area contributed by atoms with Gasteiger partial charge in [-0.3, -0.25) is 5.32 Å². The Morgan fingerprint density at radius 2 is 2.05 bits per heavy atom. The van der Waals surface area contributed by atoms with Gasteiger partial charge in [0.15, 0.2) is 0 Å². The molecule has 2 rings (SSSR count).